The van der Waals surface area contributed by atoms with Crippen LogP contribution in [0.2, 0.25) is 0 Å². The molecular weight excluding hydrogens is 372 g/mol. The predicted molar refractivity (Wildman–Crippen MR) is 105 cm³/mol. The van der Waals surface area contributed by atoms with E-state index in [9.17, 15) is 25.2 Å². The van der Waals surface area contributed by atoms with Gasteiger partial charge in [-0.1, -0.05) is 25.7 Å². The summed E-state index contributed by atoms with van der Waals surface area (Å²) in [6, 6.07) is 0. The molecule has 8 nitrogen and oxygen atoms in total. The van der Waals surface area contributed by atoms with Crippen LogP contribution >= 0.6 is 12.6 Å². The normalized spacial score (nSPS) is 29.5. The van der Waals surface area contributed by atoms with Gasteiger partial charge in [-0.15, -0.1) is 12.6 Å². The molecule has 2 unspecified atom stereocenters. The Morgan fingerprint density at radius 3 is 2.37 bits per heavy atom. The first kappa shape index (κ1) is 24.6. The first-order valence-electron chi connectivity index (χ1n) is 9.91. The Hall–Kier alpha value is -0.420. The van der Waals surface area contributed by atoms with E-state index >= 15 is 0 Å². The summed E-state index contributed by atoms with van der Waals surface area (Å²) < 4.78 is 5.31. The third-order valence-corrected chi connectivity index (χ3v) is 5.29. The lowest BCUT2D eigenvalue weighted by molar-refractivity contribution is -0.221. The van der Waals surface area contributed by atoms with E-state index in [-0.39, 0.29) is 5.91 Å². The standard InChI is InChI=1S/C18H36N2O6S/c19-10-6-3-5-9-13(22)20-11-7-2-1-4-8-12(21)17-15(24)14(23)16(25)18(27)26-17/h12,14-18,21,23-25,27H,1-11,19H2,(H,20,22)/t12?,14-,15-,16-,17+,18?/m0/s1. The second-order valence-electron chi connectivity index (χ2n) is 7.18. The van der Waals surface area contributed by atoms with Crippen LogP contribution in [0, 0.1) is 0 Å². The van der Waals surface area contributed by atoms with E-state index in [1.807, 2.05) is 0 Å². The van der Waals surface area contributed by atoms with Crippen LogP contribution in [0.15, 0.2) is 0 Å². The van der Waals surface area contributed by atoms with Crippen LogP contribution in [-0.2, 0) is 9.53 Å². The number of unbranched alkanes of at least 4 members (excludes halogenated alkanes) is 5. The molecule has 0 saturated carbocycles. The molecule has 6 atom stereocenters. The zero-order valence-corrected chi connectivity index (χ0v) is 16.8. The van der Waals surface area contributed by atoms with Crippen molar-refractivity contribution in [3.05, 3.63) is 0 Å². The number of thiol groups is 1. The van der Waals surface area contributed by atoms with Gasteiger partial charge in [-0.05, 0) is 32.2 Å². The number of nitrogens with one attached hydrogen (secondary N) is 1. The number of amides is 1. The van der Waals surface area contributed by atoms with Crippen LogP contribution in [0.1, 0.15) is 57.8 Å². The van der Waals surface area contributed by atoms with Gasteiger partial charge < -0.3 is 36.2 Å². The zero-order chi connectivity index (χ0) is 20.2. The summed E-state index contributed by atoms with van der Waals surface area (Å²) in [5.74, 6) is 0.0768. The minimum absolute atomic E-state index is 0.0768. The first-order valence-corrected chi connectivity index (χ1v) is 10.4. The first-order chi connectivity index (χ1) is 12.9. The molecule has 1 rings (SSSR count). The van der Waals surface area contributed by atoms with Gasteiger partial charge in [-0.25, -0.2) is 0 Å². The van der Waals surface area contributed by atoms with Gasteiger partial charge in [0.25, 0.3) is 0 Å². The largest absolute Gasteiger partial charge is 0.390 e. The van der Waals surface area contributed by atoms with Crippen molar-refractivity contribution in [2.45, 2.75) is 93.7 Å². The Morgan fingerprint density at radius 1 is 1.00 bits per heavy atom. The van der Waals surface area contributed by atoms with Crippen LogP contribution in [0.5, 0.6) is 0 Å². The number of rotatable bonds is 13. The average Bonchev–Trinajstić information content (AvgIpc) is 2.65. The number of aliphatic hydroxyl groups excluding tert-OH is 4. The predicted octanol–water partition coefficient (Wildman–Crippen LogP) is -0.329. The topological polar surface area (TPSA) is 145 Å². The van der Waals surface area contributed by atoms with Crippen molar-refractivity contribution in [1.29, 1.82) is 0 Å². The molecule has 1 heterocycles. The van der Waals surface area contributed by atoms with Crippen molar-refractivity contribution in [1.82, 2.24) is 5.32 Å². The van der Waals surface area contributed by atoms with Gasteiger partial charge in [0.2, 0.25) is 5.91 Å². The Labute approximate surface area is 166 Å². The maximum atomic E-state index is 11.6. The molecular formula is C18H36N2O6S. The van der Waals surface area contributed by atoms with Crippen LogP contribution in [0.3, 0.4) is 0 Å². The second-order valence-corrected chi connectivity index (χ2v) is 7.69. The molecule has 0 bridgehead atoms. The molecule has 0 aromatic heterocycles. The van der Waals surface area contributed by atoms with Crippen molar-refractivity contribution in [3.8, 4) is 0 Å². The fraction of sp³-hybridized carbons (Fsp3) is 0.944. The van der Waals surface area contributed by atoms with Crippen LogP contribution in [0.25, 0.3) is 0 Å². The van der Waals surface area contributed by atoms with Crippen molar-refractivity contribution in [3.63, 3.8) is 0 Å². The van der Waals surface area contributed by atoms with Gasteiger partial charge >= 0.3 is 0 Å². The van der Waals surface area contributed by atoms with Crippen molar-refractivity contribution >= 4 is 18.5 Å². The monoisotopic (exact) mass is 408 g/mol. The molecule has 1 amide bonds. The molecule has 1 aliphatic rings. The van der Waals surface area contributed by atoms with Crippen molar-refractivity contribution < 1.29 is 30.0 Å². The average molecular weight is 409 g/mol. The Bertz CT molecular complexity index is 417. The van der Waals surface area contributed by atoms with Crippen LogP contribution < -0.4 is 11.1 Å². The summed E-state index contributed by atoms with van der Waals surface area (Å²) in [6.45, 7) is 1.31. The maximum absolute atomic E-state index is 11.6. The van der Waals surface area contributed by atoms with Crippen molar-refractivity contribution in [2.24, 2.45) is 5.73 Å². The molecule has 1 aliphatic heterocycles. The van der Waals surface area contributed by atoms with Gasteiger partial charge in [-0.3, -0.25) is 4.79 Å². The third kappa shape index (κ3) is 9.08. The molecule has 9 heteroatoms. The number of carbonyl (C=O) groups excluding carboxylic acids is 1. The van der Waals surface area contributed by atoms with Crippen LogP contribution in [0.4, 0.5) is 0 Å². The Kier molecular flexibility index (Phi) is 12.5. The molecule has 27 heavy (non-hydrogen) atoms. The third-order valence-electron chi connectivity index (χ3n) is 4.86. The summed E-state index contributed by atoms with van der Waals surface area (Å²) in [6.07, 6.45) is 1.23. The summed E-state index contributed by atoms with van der Waals surface area (Å²) in [5.41, 5.74) is 4.47. The summed E-state index contributed by atoms with van der Waals surface area (Å²) in [4.78, 5) is 11.6. The fourth-order valence-corrected chi connectivity index (χ4v) is 3.44. The van der Waals surface area contributed by atoms with Gasteiger partial charge in [0.15, 0.2) is 0 Å². The highest BCUT2D eigenvalue weighted by atomic mass is 32.1. The van der Waals surface area contributed by atoms with Gasteiger partial charge in [0.1, 0.15) is 29.9 Å². The van der Waals surface area contributed by atoms with Crippen LogP contribution in [-0.4, -0.2) is 75.4 Å². The SMILES string of the molecule is NCCCCCC(=O)NCCCCCCC(O)[C@H]1OC(S)[C@@H](O)[C@@H](O)[C@@H]1O. The van der Waals surface area contributed by atoms with Gasteiger partial charge in [-0.2, -0.15) is 0 Å². The maximum Gasteiger partial charge on any atom is 0.219 e. The molecule has 1 fully saturated rings. The number of hydrogen-bond donors (Lipinski definition) is 7. The van der Waals surface area contributed by atoms with E-state index in [2.05, 4.69) is 17.9 Å². The number of carbonyl (C=O) groups is 1. The summed E-state index contributed by atoms with van der Waals surface area (Å²) in [7, 11) is 0. The van der Waals surface area contributed by atoms with Gasteiger partial charge in [0, 0.05) is 13.0 Å². The molecule has 0 spiro atoms. The lowest BCUT2D eigenvalue weighted by Crippen LogP contribution is -2.59. The number of hydrogen-bond acceptors (Lipinski definition) is 8. The summed E-state index contributed by atoms with van der Waals surface area (Å²) >= 11 is 4.01. The zero-order valence-electron chi connectivity index (χ0n) is 15.9. The van der Waals surface area contributed by atoms with E-state index in [0.29, 0.717) is 25.9 Å². The number of ether oxygens (including phenoxy) is 1. The minimum Gasteiger partial charge on any atom is -0.390 e. The molecule has 160 valence electrons. The highest BCUT2D eigenvalue weighted by Gasteiger charge is 2.44. The second kappa shape index (κ2) is 13.7. The highest BCUT2D eigenvalue weighted by molar-refractivity contribution is 7.80. The van der Waals surface area contributed by atoms with E-state index < -0.39 is 36.0 Å². The molecule has 1 saturated heterocycles. The van der Waals surface area contributed by atoms with E-state index in [1.54, 1.807) is 0 Å². The molecule has 0 aromatic rings. The Balaban J connectivity index is 2.07. The lowest BCUT2D eigenvalue weighted by Gasteiger charge is -2.40. The van der Waals surface area contributed by atoms with Crippen molar-refractivity contribution in [2.75, 3.05) is 13.1 Å². The number of aliphatic hydroxyl groups is 4. The number of nitrogens with two attached hydrogens (primary N) is 1. The fourth-order valence-electron chi connectivity index (χ4n) is 3.12. The highest BCUT2D eigenvalue weighted by Crippen LogP contribution is 2.26. The molecule has 7 N–H and O–H groups in total. The van der Waals surface area contributed by atoms with E-state index in [0.717, 1.165) is 44.9 Å². The smallest absolute Gasteiger partial charge is 0.219 e. The quantitative estimate of drug-likeness (QED) is 0.163. The molecule has 0 radical (unpaired) electrons. The molecule has 0 aromatic carbocycles. The van der Waals surface area contributed by atoms with Gasteiger partial charge in [0.05, 0.1) is 6.10 Å². The van der Waals surface area contributed by atoms with E-state index in [4.69, 9.17) is 10.5 Å². The molecule has 0 aliphatic carbocycles. The minimum atomic E-state index is -1.39. The summed E-state index contributed by atoms with van der Waals surface area (Å²) in [5, 5.41) is 42.4. The lowest BCUT2D eigenvalue weighted by atomic mass is 9.93. The Morgan fingerprint density at radius 2 is 1.67 bits per heavy atom. The van der Waals surface area contributed by atoms with E-state index in [1.165, 1.54) is 0 Å².